The zero-order chi connectivity index (χ0) is 13.4. The van der Waals surface area contributed by atoms with Crippen molar-refractivity contribution in [3.8, 4) is 0 Å². The lowest BCUT2D eigenvalue weighted by atomic mass is 10.2. The first kappa shape index (κ1) is 11.8. The minimum absolute atomic E-state index is 0.0236. The molecule has 0 bridgehead atoms. The van der Waals surface area contributed by atoms with Crippen LogP contribution >= 0.6 is 0 Å². The first-order chi connectivity index (χ1) is 8.45. The van der Waals surface area contributed by atoms with Crippen molar-refractivity contribution in [2.75, 3.05) is 0 Å². The van der Waals surface area contributed by atoms with Crippen molar-refractivity contribution in [1.29, 1.82) is 0 Å². The van der Waals surface area contributed by atoms with E-state index in [1.54, 1.807) is 0 Å². The molecule has 92 valence electrons. The molecule has 7 heteroatoms. The Morgan fingerprint density at radius 1 is 1.28 bits per heavy atom. The van der Waals surface area contributed by atoms with E-state index in [0.717, 1.165) is 6.92 Å². The van der Waals surface area contributed by atoms with Gasteiger partial charge < -0.3 is 19.8 Å². The Labute approximate surface area is 100 Å². The average molecular weight is 247 g/mol. The van der Waals surface area contributed by atoms with Crippen LogP contribution in [0.25, 0.3) is 11.0 Å². The fraction of sp³-hybridized carbons (Fsp3) is 0.0909. The summed E-state index contributed by atoms with van der Waals surface area (Å²) in [5.41, 5.74) is -1.93. The zero-order valence-corrected chi connectivity index (χ0v) is 9.25. The topological polar surface area (TPSA) is 108 Å². The summed E-state index contributed by atoms with van der Waals surface area (Å²) in [6.07, 6.45) is 0. The fourth-order valence-electron chi connectivity index (χ4n) is 1.73. The molecule has 0 aliphatic heterocycles. The number of carboxylic acid groups (broad SMARTS) is 1. The Morgan fingerprint density at radius 2 is 1.89 bits per heavy atom. The van der Waals surface area contributed by atoms with E-state index >= 15 is 0 Å². The van der Waals surface area contributed by atoms with E-state index in [0.29, 0.717) is 0 Å². The quantitative estimate of drug-likeness (QED) is 0.523. The van der Waals surface area contributed by atoms with Crippen LogP contribution in [0.5, 0.6) is 0 Å². The third kappa shape index (κ3) is 1.53. The third-order valence-corrected chi connectivity index (χ3v) is 2.48. The number of hydrogen-bond acceptors (Lipinski definition) is 5. The highest BCUT2D eigenvalue weighted by Gasteiger charge is 2.26. The predicted molar refractivity (Wildman–Crippen MR) is 58.4 cm³/mol. The van der Waals surface area contributed by atoms with Gasteiger partial charge in [-0.05, 0) is 6.07 Å². The first-order valence-corrected chi connectivity index (χ1v) is 4.95. The molecule has 0 saturated carbocycles. The number of rotatable bonds is 2. The second-order valence-corrected chi connectivity index (χ2v) is 3.62. The molecule has 1 heterocycles. The van der Waals surface area contributed by atoms with Crippen LogP contribution in [0.1, 0.15) is 27.9 Å². The van der Waals surface area contributed by atoms with Crippen LogP contribution in [-0.4, -0.2) is 16.5 Å². The number of hydrogen-bond donors (Lipinski definition) is 0. The van der Waals surface area contributed by atoms with Crippen LogP contribution in [0.2, 0.25) is 0 Å². The van der Waals surface area contributed by atoms with E-state index in [1.807, 2.05) is 0 Å². The summed E-state index contributed by atoms with van der Waals surface area (Å²) >= 11 is 0. The molecule has 0 spiro atoms. The lowest BCUT2D eigenvalue weighted by Crippen LogP contribution is -2.37. The van der Waals surface area contributed by atoms with Gasteiger partial charge in [0.2, 0.25) is 5.78 Å². The SMILES string of the molecule is CC(=O)c1c(C(=O)[O-])n([O-])c2ccccc2[n+]1=O. The number of aromatic nitrogens is 2. The maximum atomic E-state index is 11.9. The molecule has 1 aromatic carbocycles. The molecule has 0 unspecified atom stereocenters. The van der Waals surface area contributed by atoms with Gasteiger partial charge in [0.1, 0.15) is 11.2 Å². The molecule has 18 heavy (non-hydrogen) atoms. The summed E-state index contributed by atoms with van der Waals surface area (Å²) in [6.45, 7) is 1.00. The monoisotopic (exact) mass is 247 g/mol. The lowest BCUT2D eigenvalue weighted by Gasteiger charge is -2.18. The molecule has 0 amide bonds. The molecule has 0 atom stereocenters. The fourth-order valence-corrected chi connectivity index (χ4v) is 1.73. The normalized spacial score (nSPS) is 10.5. The van der Waals surface area contributed by atoms with E-state index in [1.165, 1.54) is 24.3 Å². The van der Waals surface area contributed by atoms with E-state index in [-0.39, 0.29) is 20.2 Å². The van der Waals surface area contributed by atoms with Crippen molar-refractivity contribution < 1.29 is 19.1 Å². The highest BCUT2D eigenvalue weighted by atomic mass is 16.5. The van der Waals surface area contributed by atoms with Crippen molar-refractivity contribution in [2.24, 2.45) is 0 Å². The zero-order valence-electron chi connectivity index (χ0n) is 9.25. The molecule has 1 aromatic heterocycles. The van der Waals surface area contributed by atoms with Crippen molar-refractivity contribution >= 4 is 22.8 Å². The van der Waals surface area contributed by atoms with E-state index in [2.05, 4.69) is 0 Å². The summed E-state index contributed by atoms with van der Waals surface area (Å²) in [6, 6.07) is 5.58. The van der Waals surface area contributed by atoms with Crippen LogP contribution in [0.15, 0.2) is 24.3 Å². The molecular formula is C11H7N2O5-. The van der Waals surface area contributed by atoms with Crippen molar-refractivity contribution in [3.05, 3.63) is 45.8 Å². The minimum atomic E-state index is -1.87. The highest BCUT2D eigenvalue weighted by molar-refractivity contribution is 6.01. The van der Waals surface area contributed by atoms with Gasteiger partial charge in [-0.3, -0.25) is 4.79 Å². The molecule has 0 aliphatic carbocycles. The molecule has 0 aliphatic rings. The van der Waals surface area contributed by atoms with Crippen molar-refractivity contribution in [3.63, 3.8) is 0 Å². The molecule has 2 rings (SSSR count). The van der Waals surface area contributed by atoms with Gasteiger partial charge in [0.15, 0.2) is 0 Å². The summed E-state index contributed by atoms with van der Waals surface area (Å²) in [5, 5.41) is 22.7. The Morgan fingerprint density at radius 3 is 2.44 bits per heavy atom. The number of para-hydroxylation sites is 2. The largest absolute Gasteiger partial charge is 0.805 e. The summed E-state index contributed by atoms with van der Waals surface area (Å²) in [5.74, 6) is -2.69. The van der Waals surface area contributed by atoms with Crippen LogP contribution in [0.4, 0.5) is 0 Å². The number of fused-ring (bicyclic) bond motifs is 1. The van der Waals surface area contributed by atoms with Gasteiger partial charge in [0, 0.05) is 17.9 Å². The van der Waals surface area contributed by atoms with E-state index in [9.17, 15) is 24.8 Å². The van der Waals surface area contributed by atoms with Crippen molar-refractivity contribution in [2.45, 2.75) is 6.92 Å². The second kappa shape index (κ2) is 3.95. The molecule has 7 nitrogen and oxygen atoms in total. The van der Waals surface area contributed by atoms with Gasteiger partial charge in [-0.2, -0.15) is 0 Å². The summed E-state index contributed by atoms with van der Waals surface area (Å²) in [7, 11) is 0. The second-order valence-electron chi connectivity index (χ2n) is 3.62. The highest BCUT2D eigenvalue weighted by Crippen LogP contribution is 2.14. The Hall–Kier alpha value is -2.70. The van der Waals surface area contributed by atoms with Crippen LogP contribution < -0.4 is 9.53 Å². The number of carbonyl (C=O) groups excluding carboxylic acids is 2. The number of carboxylic acids is 1. The Balaban J connectivity index is 3.11. The number of carbonyl (C=O) groups is 2. The third-order valence-electron chi connectivity index (χ3n) is 2.48. The summed E-state index contributed by atoms with van der Waals surface area (Å²) < 4.78 is 0.160. The van der Waals surface area contributed by atoms with E-state index < -0.39 is 23.1 Å². The smallest absolute Gasteiger partial charge is 0.330 e. The van der Waals surface area contributed by atoms with Gasteiger partial charge in [0.25, 0.3) is 5.52 Å². The molecule has 0 N–H and O–H groups in total. The maximum absolute atomic E-state index is 11.9. The lowest BCUT2D eigenvalue weighted by molar-refractivity contribution is -0.468. The number of ketones is 1. The maximum Gasteiger partial charge on any atom is 0.330 e. The predicted octanol–water partition coefficient (Wildman–Crippen LogP) is -0.532. The molecule has 0 saturated heterocycles. The van der Waals surface area contributed by atoms with Crippen LogP contribution in [0.3, 0.4) is 0 Å². The number of Topliss-reactive ketones (excluding diaryl/α,β-unsaturated/α-hetero) is 1. The first-order valence-electron chi connectivity index (χ1n) is 4.95. The average Bonchev–Trinajstić information content (AvgIpc) is 2.32. The van der Waals surface area contributed by atoms with Gasteiger partial charge >= 0.3 is 5.69 Å². The van der Waals surface area contributed by atoms with Crippen LogP contribution in [0, 0.1) is 10.1 Å². The summed E-state index contributed by atoms with van der Waals surface area (Å²) in [4.78, 5) is 34.1. The van der Waals surface area contributed by atoms with Gasteiger partial charge in [-0.25, -0.2) is 0 Å². The van der Waals surface area contributed by atoms with Crippen molar-refractivity contribution in [1.82, 2.24) is 4.73 Å². The van der Waals surface area contributed by atoms with Gasteiger partial charge in [-0.15, -0.1) is 0 Å². The standard InChI is InChI=1S/C11H8N2O5/c1-6(14)9-10(11(15)16)13(18)8-5-3-2-4-7(8)12(9)17/h2-5H,1H3,(H,15,16)/p-1. The number of nitrogens with zero attached hydrogens (tertiary/aromatic N) is 2. The van der Waals surface area contributed by atoms with Gasteiger partial charge in [0.05, 0.1) is 10.4 Å². The minimum Gasteiger partial charge on any atom is -0.805 e. The van der Waals surface area contributed by atoms with E-state index in [4.69, 9.17) is 0 Å². The molecule has 2 aromatic rings. The van der Waals surface area contributed by atoms with Crippen LogP contribution in [-0.2, 0) is 0 Å². The molecule has 0 fully saturated rings. The number of aromatic carboxylic acids is 1. The molecular weight excluding hydrogens is 240 g/mol. The Bertz CT molecular complexity index is 732. The van der Waals surface area contributed by atoms with Gasteiger partial charge in [-0.1, -0.05) is 12.1 Å². The molecule has 0 radical (unpaired) electrons. The number of benzene rings is 1. The Kier molecular flexibility index (Phi) is 2.59.